The first-order chi connectivity index (χ1) is 9.49. The van der Waals surface area contributed by atoms with Gasteiger partial charge < -0.3 is 5.32 Å². The Labute approximate surface area is 122 Å². The quantitative estimate of drug-likeness (QED) is 0.900. The van der Waals surface area contributed by atoms with Crippen molar-refractivity contribution >= 4 is 0 Å². The van der Waals surface area contributed by atoms with Crippen LogP contribution in [-0.2, 0) is 6.54 Å². The molecule has 108 valence electrons. The zero-order valence-corrected chi connectivity index (χ0v) is 12.8. The lowest BCUT2D eigenvalue weighted by molar-refractivity contribution is -0.118. The number of nitrogens with one attached hydrogen (secondary N) is 1. The van der Waals surface area contributed by atoms with Crippen molar-refractivity contribution in [2.24, 2.45) is 16.7 Å². The van der Waals surface area contributed by atoms with Crippen molar-refractivity contribution in [1.82, 2.24) is 10.3 Å². The summed E-state index contributed by atoms with van der Waals surface area (Å²) >= 11 is 0. The van der Waals surface area contributed by atoms with Gasteiger partial charge in [0.15, 0.2) is 0 Å². The molecular weight excluding hydrogens is 244 g/mol. The van der Waals surface area contributed by atoms with Crippen LogP contribution in [0.4, 0.5) is 0 Å². The molecule has 0 aliphatic heterocycles. The molecule has 4 bridgehead atoms. The summed E-state index contributed by atoms with van der Waals surface area (Å²) in [6, 6.07) is 6.22. The van der Waals surface area contributed by atoms with Crippen LogP contribution in [0, 0.1) is 16.7 Å². The first-order valence-electron chi connectivity index (χ1n) is 8.13. The monoisotopic (exact) mass is 270 g/mol. The van der Waals surface area contributed by atoms with Gasteiger partial charge in [-0.3, -0.25) is 4.98 Å². The van der Waals surface area contributed by atoms with E-state index in [0.29, 0.717) is 16.4 Å². The van der Waals surface area contributed by atoms with Crippen LogP contribution in [0.5, 0.6) is 0 Å². The van der Waals surface area contributed by atoms with Crippen LogP contribution in [0.25, 0.3) is 0 Å². The van der Waals surface area contributed by atoms with Gasteiger partial charge in [-0.05, 0) is 67.4 Å². The fourth-order valence-electron chi connectivity index (χ4n) is 6.43. The van der Waals surface area contributed by atoms with Crippen molar-refractivity contribution in [1.29, 1.82) is 0 Å². The Hall–Kier alpha value is -0.890. The molecule has 0 radical (unpaired) electrons. The van der Waals surface area contributed by atoms with E-state index in [0.717, 1.165) is 12.5 Å². The minimum absolute atomic E-state index is 0.389. The summed E-state index contributed by atoms with van der Waals surface area (Å²) < 4.78 is 0. The first kappa shape index (κ1) is 12.8. The standard InChI is InChI=1S/C18H26N2/c1-16-7-14-8-17(2,11-16)13-18(9-14,12-16)20-10-15-5-3-4-6-19-15/h3-6,14,20H,7-13H2,1-2H3. The maximum absolute atomic E-state index is 4.47. The van der Waals surface area contributed by atoms with E-state index in [4.69, 9.17) is 0 Å². The highest BCUT2D eigenvalue weighted by Crippen LogP contribution is 2.66. The molecule has 2 unspecified atom stereocenters. The van der Waals surface area contributed by atoms with Crippen LogP contribution in [0.3, 0.4) is 0 Å². The van der Waals surface area contributed by atoms with Crippen molar-refractivity contribution in [3.8, 4) is 0 Å². The summed E-state index contributed by atoms with van der Waals surface area (Å²) in [4.78, 5) is 4.47. The van der Waals surface area contributed by atoms with Gasteiger partial charge in [0, 0.05) is 18.3 Å². The van der Waals surface area contributed by atoms with Gasteiger partial charge in [-0.2, -0.15) is 0 Å². The average molecular weight is 270 g/mol. The Balaban J connectivity index is 1.55. The molecule has 4 aliphatic carbocycles. The number of hydrogen-bond donors (Lipinski definition) is 1. The lowest BCUT2D eigenvalue weighted by Gasteiger charge is -2.65. The summed E-state index contributed by atoms with van der Waals surface area (Å²) in [6.07, 6.45) is 10.4. The second kappa shape index (κ2) is 4.07. The Kier molecular flexibility index (Phi) is 2.61. The largest absolute Gasteiger partial charge is 0.306 e. The molecule has 0 saturated heterocycles. The Morgan fingerprint density at radius 2 is 1.85 bits per heavy atom. The molecule has 1 heterocycles. The second-order valence-corrected chi connectivity index (χ2v) is 8.59. The smallest absolute Gasteiger partial charge is 0.0541 e. The first-order valence-corrected chi connectivity index (χ1v) is 8.13. The number of pyridine rings is 1. The highest BCUT2D eigenvalue weighted by molar-refractivity contribution is 5.15. The molecule has 2 atom stereocenters. The van der Waals surface area contributed by atoms with E-state index in [9.17, 15) is 0 Å². The average Bonchev–Trinajstić information content (AvgIpc) is 2.33. The normalized spacial score (nSPS) is 45.8. The predicted octanol–water partition coefficient (Wildman–Crippen LogP) is 3.92. The molecule has 0 amide bonds. The molecule has 1 aromatic heterocycles. The van der Waals surface area contributed by atoms with Crippen molar-refractivity contribution < 1.29 is 0 Å². The fraction of sp³-hybridized carbons (Fsp3) is 0.722. The minimum Gasteiger partial charge on any atom is -0.306 e. The zero-order valence-electron chi connectivity index (χ0n) is 12.8. The number of hydrogen-bond acceptors (Lipinski definition) is 2. The SMILES string of the molecule is CC12CC3CC(C)(C1)CC(NCc1ccccn1)(C3)C2. The maximum Gasteiger partial charge on any atom is 0.0541 e. The van der Waals surface area contributed by atoms with Crippen molar-refractivity contribution in [2.45, 2.75) is 64.5 Å². The van der Waals surface area contributed by atoms with Crippen molar-refractivity contribution in [2.75, 3.05) is 0 Å². The van der Waals surface area contributed by atoms with E-state index in [1.54, 1.807) is 0 Å². The van der Waals surface area contributed by atoms with E-state index in [1.807, 2.05) is 12.3 Å². The molecule has 2 heteroatoms. The third-order valence-electron chi connectivity index (χ3n) is 6.00. The van der Waals surface area contributed by atoms with Gasteiger partial charge in [0.2, 0.25) is 0 Å². The zero-order chi connectivity index (χ0) is 13.8. The molecule has 2 nitrogen and oxygen atoms in total. The third-order valence-corrected chi connectivity index (χ3v) is 6.00. The molecule has 4 saturated carbocycles. The molecule has 4 fully saturated rings. The Bertz CT molecular complexity index is 491. The molecular formula is C18H26N2. The minimum atomic E-state index is 0.389. The van der Waals surface area contributed by atoms with Gasteiger partial charge in [0.05, 0.1) is 5.69 Å². The van der Waals surface area contributed by atoms with Gasteiger partial charge in [-0.25, -0.2) is 0 Å². The van der Waals surface area contributed by atoms with Gasteiger partial charge in [-0.1, -0.05) is 19.9 Å². The van der Waals surface area contributed by atoms with E-state index in [-0.39, 0.29) is 0 Å². The molecule has 4 aliphatic rings. The van der Waals surface area contributed by atoms with Crippen LogP contribution in [0.15, 0.2) is 24.4 Å². The lowest BCUT2D eigenvalue weighted by Crippen LogP contribution is -2.63. The fourth-order valence-corrected chi connectivity index (χ4v) is 6.43. The van der Waals surface area contributed by atoms with Crippen molar-refractivity contribution in [3.63, 3.8) is 0 Å². The predicted molar refractivity (Wildman–Crippen MR) is 81.2 cm³/mol. The summed E-state index contributed by atoms with van der Waals surface area (Å²) in [5.41, 5.74) is 2.75. The van der Waals surface area contributed by atoms with Crippen molar-refractivity contribution in [3.05, 3.63) is 30.1 Å². The van der Waals surface area contributed by atoms with E-state index in [1.165, 1.54) is 44.2 Å². The number of aromatic nitrogens is 1. The lowest BCUT2D eigenvalue weighted by atomic mass is 9.43. The molecule has 1 N–H and O–H groups in total. The molecule has 20 heavy (non-hydrogen) atoms. The van der Waals surface area contributed by atoms with Gasteiger partial charge in [0.25, 0.3) is 0 Å². The van der Waals surface area contributed by atoms with Crippen LogP contribution in [0.2, 0.25) is 0 Å². The molecule has 0 aromatic carbocycles. The number of nitrogens with zero attached hydrogens (tertiary/aromatic N) is 1. The van der Waals surface area contributed by atoms with Crippen LogP contribution < -0.4 is 5.32 Å². The Morgan fingerprint density at radius 3 is 2.45 bits per heavy atom. The highest BCUT2D eigenvalue weighted by Gasteiger charge is 2.59. The molecule has 0 spiro atoms. The Morgan fingerprint density at radius 1 is 1.10 bits per heavy atom. The summed E-state index contributed by atoms with van der Waals surface area (Å²) in [5.74, 6) is 0.956. The van der Waals surface area contributed by atoms with E-state index < -0.39 is 0 Å². The number of rotatable bonds is 3. The van der Waals surface area contributed by atoms with Crippen LogP contribution >= 0.6 is 0 Å². The van der Waals surface area contributed by atoms with E-state index in [2.05, 4.69) is 36.3 Å². The summed E-state index contributed by atoms with van der Waals surface area (Å²) in [5, 5.41) is 3.93. The van der Waals surface area contributed by atoms with Gasteiger partial charge in [0.1, 0.15) is 0 Å². The maximum atomic E-state index is 4.47. The van der Waals surface area contributed by atoms with Gasteiger partial charge >= 0.3 is 0 Å². The second-order valence-electron chi connectivity index (χ2n) is 8.59. The van der Waals surface area contributed by atoms with Crippen LogP contribution in [-0.4, -0.2) is 10.5 Å². The topological polar surface area (TPSA) is 24.9 Å². The highest BCUT2D eigenvalue weighted by atomic mass is 15.0. The summed E-state index contributed by atoms with van der Waals surface area (Å²) in [7, 11) is 0. The summed E-state index contributed by atoms with van der Waals surface area (Å²) in [6.45, 7) is 6.00. The molecule has 1 aromatic rings. The molecule has 5 rings (SSSR count). The van der Waals surface area contributed by atoms with Crippen LogP contribution in [0.1, 0.15) is 58.1 Å². The van der Waals surface area contributed by atoms with E-state index >= 15 is 0 Å². The van der Waals surface area contributed by atoms with Gasteiger partial charge in [-0.15, -0.1) is 0 Å². The third kappa shape index (κ3) is 2.09.